The zero-order valence-corrected chi connectivity index (χ0v) is 13.4. The van der Waals surface area contributed by atoms with Crippen molar-refractivity contribution in [2.75, 3.05) is 7.11 Å². The standard InChI is InChI=1S/C20H23NO/c1-15(16-7-4-3-5-8-16)21-19-10-6-9-17-11-12-20(22-2)14-18(17)13-19/h3-5,7-8,11-12,14-15H,6,9-10,13H2,1-2H3/t15-/m0/s1. The molecule has 0 N–H and O–H groups in total. The number of hydrogen-bond acceptors (Lipinski definition) is 2. The summed E-state index contributed by atoms with van der Waals surface area (Å²) in [6.07, 6.45) is 4.36. The molecule has 0 fully saturated rings. The second-order valence-electron chi connectivity index (χ2n) is 5.95. The minimum absolute atomic E-state index is 0.225. The summed E-state index contributed by atoms with van der Waals surface area (Å²) in [5.41, 5.74) is 5.41. The van der Waals surface area contributed by atoms with Gasteiger partial charge in [-0.05, 0) is 55.0 Å². The minimum atomic E-state index is 0.225. The van der Waals surface area contributed by atoms with Gasteiger partial charge in [0.25, 0.3) is 0 Å². The van der Waals surface area contributed by atoms with Crippen molar-refractivity contribution >= 4 is 5.71 Å². The minimum Gasteiger partial charge on any atom is -0.497 e. The highest BCUT2D eigenvalue weighted by molar-refractivity contribution is 5.87. The van der Waals surface area contributed by atoms with Gasteiger partial charge < -0.3 is 4.74 Å². The summed E-state index contributed by atoms with van der Waals surface area (Å²) in [6.45, 7) is 2.18. The predicted octanol–water partition coefficient (Wildman–Crippen LogP) is 4.78. The van der Waals surface area contributed by atoms with Gasteiger partial charge in [0.15, 0.2) is 0 Å². The van der Waals surface area contributed by atoms with Gasteiger partial charge in [-0.1, -0.05) is 36.4 Å². The fourth-order valence-electron chi connectivity index (χ4n) is 3.12. The Balaban J connectivity index is 1.84. The van der Waals surface area contributed by atoms with E-state index >= 15 is 0 Å². The van der Waals surface area contributed by atoms with Gasteiger partial charge in [-0.15, -0.1) is 0 Å². The summed E-state index contributed by atoms with van der Waals surface area (Å²) in [5, 5.41) is 0. The van der Waals surface area contributed by atoms with E-state index in [1.54, 1.807) is 7.11 Å². The van der Waals surface area contributed by atoms with Crippen molar-refractivity contribution < 1.29 is 4.74 Å². The Kier molecular flexibility index (Phi) is 4.57. The maximum absolute atomic E-state index is 5.37. The first kappa shape index (κ1) is 14.8. The SMILES string of the molecule is COc1ccc2c(c1)CC(=N[C@@H](C)c1ccccc1)CCC2. The molecule has 2 nitrogen and oxygen atoms in total. The van der Waals surface area contributed by atoms with E-state index in [2.05, 4.69) is 55.5 Å². The average molecular weight is 293 g/mol. The van der Waals surface area contributed by atoms with Gasteiger partial charge in [-0.25, -0.2) is 0 Å². The molecule has 0 heterocycles. The maximum atomic E-state index is 5.37. The summed E-state index contributed by atoms with van der Waals surface area (Å²) in [6, 6.07) is 17.2. The van der Waals surface area contributed by atoms with Crippen molar-refractivity contribution in [1.82, 2.24) is 0 Å². The molecule has 0 radical (unpaired) electrons. The van der Waals surface area contributed by atoms with Crippen LogP contribution in [-0.4, -0.2) is 12.8 Å². The molecule has 0 saturated carbocycles. The molecule has 0 spiro atoms. The smallest absolute Gasteiger partial charge is 0.119 e. The predicted molar refractivity (Wildman–Crippen MR) is 91.9 cm³/mol. The molecule has 22 heavy (non-hydrogen) atoms. The van der Waals surface area contributed by atoms with E-state index in [9.17, 15) is 0 Å². The van der Waals surface area contributed by atoms with E-state index in [1.807, 2.05) is 0 Å². The Hall–Kier alpha value is -2.09. The zero-order valence-electron chi connectivity index (χ0n) is 13.4. The number of rotatable bonds is 3. The summed E-state index contributed by atoms with van der Waals surface area (Å²) >= 11 is 0. The third-order valence-electron chi connectivity index (χ3n) is 4.38. The number of aliphatic imine (C=N–C) groups is 1. The van der Waals surface area contributed by atoms with Gasteiger partial charge in [0.1, 0.15) is 5.75 Å². The number of nitrogens with zero attached hydrogens (tertiary/aromatic N) is 1. The van der Waals surface area contributed by atoms with Crippen molar-refractivity contribution in [2.45, 2.75) is 38.6 Å². The Morgan fingerprint density at radius 3 is 2.59 bits per heavy atom. The van der Waals surface area contributed by atoms with Gasteiger partial charge in [-0.3, -0.25) is 4.99 Å². The Morgan fingerprint density at radius 1 is 1.00 bits per heavy atom. The van der Waals surface area contributed by atoms with Crippen LogP contribution in [0.15, 0.2) is 53.5 Å². The molecule has 0 unspecified atom stereocenters. The molecule has 0 aliphatic heterocycles. The summed E-state index contributed by atoms with van der Waals surface area (Å²) < 4.78 is 5.37. The summed E-state index contributed by atoms with van der Waals surface area (Å²) in [7, 11) is 1.73. The number of ether oxygens (including phenoxy) is 1. The quantitative estimate of drug-likeness (QED) is 0.747. The van der Waals surface area contributed by atoms with Gasteiger partial charge in [-0.2, -0.15) is 0 Å². The maximum Gasteiger partial charge on any atom is 0.119 e. The molecule has 2 heteroatoms. The lowest BCUT2D eigenvalue weighted by molar-refractivity contribution is 0.414. The fraction of sp³-hybridized carbons (Fsp3) is 0.350. The van der Waals surface area contributed by atoms with Crippen molar-refractivity contribution in [3.8, 4) is 5.75 Å². The van der Waals surface area contributed by atoms with E-state index in [0.717, 1.165) is 25.0 Å². The molecule has 1 aliphatic carbocycles. The number of fused-ring (bicyclic) bond motifs is 1. The lowest BCUT2D eigenvalue weighted by Gasteiger charge is -2.11. The van der Waals surface area contributed by atoms with Crippen LogP contribution in [0.2, 0.25) is 0 Å². The largest absolute Gasteiger partial charge is 0.497 e. The van der Waals surface area contributed by atoms with Crippen LogP contribution in [0.1, 0.15) is 42.5 Å². The van der Waals surface area contributed by atoms with Crippen LogP contribution in [0.25, 0.3) is 0 Å². The van der Waals surface area contributed by atoms with E-state index in [4.69, 9.17) is 9.73 Å². The van der Waals surface area contributed by atoms with Crippen molar-refractivity contribution in [2.24, 2.45) is 4.99 Å². The summed E-state index contributed by atoms with van der Waals surface area (Å²) in [5.74, 6) is 0.941. The van der Waals surface area contributed by atoms with Gasteiger partial charge in [0.2, 0.25) is 0 Å². The fourth-order valence-corrected chi connectivity index (χ4v) is 3.12. The average Bonchev–Trinajstić information content (AvgIpc) is 2.76. The first-order valence-electron chi connectivity index (χ1n) is 8.02. The van der Waals surface area contributed by atoms with Crippen LogP contribution in [0.4, 0.5) is 0 Å². The molecule has 0 saturated heterocycles. The van der Waals surface area contributed by atoms with Crippen LogP contribution >= 0.6 is 0 Å². The third-order valence-corrected chi connectivity index (χ3v) is 4.38. The van der Waals surface area contributed by atoms with Gasteiger partial charge in [0, 0.05) is 12.1 Å². The lowest BCUT2D eigenvalue weighted by Crippen LogP contribution is -2.04. The molecule has 2 aromatic carbocycles. The Morgan fingerprint density at radius 2 is 1.82 bits per heavy atom. The molecule has 1 aliphatic rings. The molecule has 114 valence electrons. The molecule has 1 atom stereocenters. The third kappa shape index (κ3) is 3.38. The van der Waals surface area contributed by atoms with E-state index in [1.165, 1.54) is 28.8 Å². The molecule has 0 amide bonds. The lowest BCUT2D eigenvalue weighted by atomic mass is 10.0. The second kappa shape index (κ2) is 6.78. The van der Waals surface area contributed by atoms with Crippen LogP contribution in [0, 0.1) is 0 Å². The highest BCUT2D eigenvalue weighted by Gasteiger charge is 2.14. The Bertz CT molecular complexity index is 661. The number of hydrogen-bond donors (Lipinski definition) is 0. The van der Waals surface area contributed by atoms with Crippen LogP contribution in [0.3, 0.4) is 0 Å². The number of benzene rings is 2. The molecular formula is C20H23NO. The molecule has 2 aromatic rings. The summed E-state index contributed by atoms with van der Waals surface area (Å²) in [4.78, 5) is 5.00. The number of aryl methyl sites for hydroxylation is 1. The molecule has 0 bridgehead atoms. The first-order valence-corrected chi connectivity index (χ1v) is 8.02. The second-order valence-corrected chi connectivity index (χ2v) is 5.95. The highest BCUT2D eigenvalue weighted by Crippen LogP contribution is 2.25. The van der Waals surface area contributed by atoms with Crippen molar-refractivity contribution in [3.05, 3.63) is 65.2 Å². The van der Waals surface area contributed by atoms with E-state index < -0.39 is 0 Å². The van der Waals surface area contributed by atoms with Gasteiger partial charge in [0.05, 0.1) is 13.2 Å². The Labute approximate surface area is 132 Å². The number of methoxy groups -OCH3 is 1. The van der Waals surface area contributed by atoms with Crippen molar-refractivity contribution in [3.63, 3.8) is 0 Å². The van der Waals surface area contributed by atoms with Crippen molar-refractivity contribution in [1.29, 1.82) is 0 Å². The topological polar surface area (TPSA) is 21.6 Å². The van der Waals surface area contributed by atoms with E-state index in [-0.39, 0.29) is 6.04 Å². The first-order chi connectivity index (χ1) is 10.8. The van der Waals surface area contributed by atoms with Crippen LogP contribution in [0.5, 0.6) is 5.75 Å². The monoisotopic (exact) mass is 293 g/mol. The molecule has 3 rings (SSSR count). The van der Waals surface area contributed by atoms with Gasteiger partial charge >= 0.3 is 0 Å². The zero-order chi connectivity index (χ0) is 15.4. The molecular weight excluding hydrogens is 270 g/mol. The highest BCUT2D eigenvalue weighted by atomic mass is 16.5. The molecule has 0 aromatic heterocycles. The van der Waals surface area contributed by atoms with Crippen LogP contribution < -0.4 is 4.74 Å². The van der Waals surface area contributed by atoms with E-state index in [0.29, 0.717) is 0 Å². The van der Waals surface area contributed by atoms with Crippen LogP contribution in [-0.2, 0) is 12.8 Å². The normalized spacial score (nSPS) is 17.6.